The number of benzene rings is 1. The van der Waals surface area contributed by atoms with Crippen LogP contribution in [0.1, 0.15) is 25.8 Å². The van der Waals surface area contributed by atoms with Crippen LogP contribution < -0.4 is 11.1 Å². The van der Waals surface area contributed by atoms with Gasteiger partial charge in [0.05, 0.1) is 6.61 Å². The zero-order valence-electron chi connectivity index (χ0n) is 11.6. The minimum atomic E-state index is -1.00. The number of hydrogen-bond donors (Lipinski definition) is 2. The number of carbonyl (C=O) groups is 1. The van der Waals surface area contributed by atoms with Crippen molar-refractivity contribution in [2.24, 2.45) is 11.7 Å². The minimum Gasteiger partial charge on any atom is -0.381 e. The van der Waals surface area contributed by atoms with Crippen molar-refractivity contribution in [1.29, 1.82) is 0 Å². The summed E-state index contributed by atoms with van der Waals surface area (Å²) in [4.78, 5) is 12.4. The van der Waals surface area contributed by atoms with Gasteiger partial charge in [-0.05, 0) is 25.8 Å². The molecule has 1 aromatic rings. The fraction of sp³-hybridized carbons (Fsp3) is 0.533. The van der Waals surface area contributed by atoms with Gasteiger partial charge in [-0.3, -0.25) is 4.79 Å². The van der Waals surface area contributed by atoms with Crippen LogP contribution in [0.3, 0.4) is 0 Å². The smallest absolute Gasteiger partial charge is 0.244 e. The first-order valence-corrected chi connectivity index (χ1v) is 6.75. The van der Waals surface area contributed by atoms with Crippen molar-refractivity contribution < 1.29 is 9.53 Å². The van der Waals surface area contributed by atoms with E-state index in [4.69, 9.17) is 10.5 Å². The van der Waals surface area contributed by atoms with Crippen LogP contribution >= 0.6 is 0 Å². The molecule has 3 unspecified atom stereocenters. The van der Waals surface area contributed by atoms with E-state index in [2.05, 4.69) is 5.32 Å². The van der Waals surface area contributed by atoms with Gasteiger partial charge in [-0.25, -0.2) is 0 Å². The van der Waals surface area contributed by atoms with Gasteiger partial charge in [-0.2, -0.15) is 0 Å². The first-order chi connectivity index (χ1) is 9.01. The molecule has 1 fully saturated rings. The topological polar surface area (TPSA) is 64.4 Å². The average Bonchev–Trinajstić information content (AvgIpc) is 2.93. The van der Waals surface area contributed by atoms with E-state index in [1.165, 1.54) is 0 Å². The quantitative estimate of drug-likeness (QED) is 0.862. The SMILES string of the molecule is CC(NC(=O)C(C)(N)c1ccccc1)C1CCOC1. The van der Waals surface area contributed by atoms with Crippen molar-refractivity contribution >= 4 is 5.91 Å². The average molecular weight is 262 g/mol. The summed E-state index contributed by atoms with van der Waals surface area (Å²) in [5, 5.41) is 3.02. The van der Waals surface area contributed by atoms with Crippen molar-refractivity contribution in [3.8, 4) is 0 Å². The van der Waals surface area contributed by atoms with E-state index in [1.54, 1.807) is 6.92 Å². The summed E-state index contributed by atoms with van der Waals surface area (Å²) in [5.74, 6) is 0.244. The lowest BCUT2D eigenvalue weighted by Gasteiger charge is -2.28. The van der Waals surface area contributed by atoms with Crippen molar-refractivity contribution in [1.82, 2.24) is 5.32 Å². The van der Waals surface area contributed by atoms with E-state index >= 15 is 0 Å². The van der Waals surface area contributed by atoms with Crippen LogP contribution in [0.4, 0.5) is 0 Å². The summed E-state index contributed by atoms with van der Waals surface area (Å²) in [6, 6.07) is 9.53. The molecule has 4 nitrogen and oxygen atoms in total. The number of amides is 1. The van der Waals surface area contributed by atoms with E-state index in [0.717, 1.165) is 18.6 Å². The summed E-state index contributed by atoms with van der Waals surface area (Å²) < 4.78 is 5.35. The van der Waals surface area contributed by atoms with Gasteiger partial charge >= 0.3 is 0 Å². The lowest BCUT2D eigenvalue weighted by Crippen LogP contribution is -2.52. The normalized spacial score (nSPS) is 23.6. The molecule has 1 aliphatic heterocycles. The fourth-order valence-corrected chi connectivity index (χ4v) is 2.34. The Morgan fingerprint density at radius 3 is 2.74 bits per heavy atom. The number of hydrogen-bond acceptors (Lipinski definition) is 3. The summed E-state index contributed by atoms with van der Waals surface area (Å²) in [6.45, 7) is 5.26. The third-order valence-corrected chi connectivity index (χ3v) is 3.88. The monoisotopic (exact) mass is 262 g/mol. The molecular weight excluding hydrogens is 240 g/mol. The van der Waals surface area contributed by atoms with Gasteiger partial charge in [0.25, 0.3) is 0 Å². The number of ether oxygens (including phenoxy) is 1. The van der Waals surface area contributed by atoms with E-state index < -0.39 is 5.54 Å². The second-order valence-corrected chi connectivity index (χ2v) is 5.45. The molecule has 1 aromatic carbocycles. The molecule has 0 radical (unpaired) electrons. The maximum atomic E-state index is 12.4. The van der Waals surface area contributed by atoms with E-state index in [-0.39, 0.29) is 11.9 Å². The lowest BCUT2D eigenvalue weighted by atomic mass is 9.91. The van der Waals surface area contributed by atoms with Crippen molar-refractivity contribution in [2.75, 3.05) is 13.2 Å². The van der Waals surface area contributed by atoms with E-state index in [1.807, 2.05) is 37.3 Å². The maximum absolute atomic E-state index is 12.4. The van der Waals surface area contributed by atoms with Crippen LogP contribution in [0.2, 0.25) is 0 Å². The molecule has 3 N–H and O–H groups in total. The molecule has 104 valence electrons. The minimum absolute atomic E-state index is 0.0848. The van der Waals surface area contributed by atoms with Crippen LogP contribution in [-0.2, 0) is 15.1 Å². The van der Waals surface area contributed by atoms with Gasteiger partial charge in [0.2, 0.25) is 5.91 Å². The molecule has 1 amide bonds. The Bertz CT molecular complexity index is 425. The Kier molecular flexibility index (Phi) is 4.22. The molecule has 0 spiro atoms. The molecule has 0 aliphatic carbocycles. The Morgan fingerprint density at radius 2 is 2.16 bits per heavy atom. The highest BCUT2D eigenvalue weighted by Gasteiger charge is 2.33. The van der Waals surface area contributed by atoms with Crippen molar-refractivity contribution in [3.05, 3.63) is 35.9 Å². The molecule has 1 saturated heterocycles. The van der Waals surface area contributed by atoms with Gasteiger partial charge in [-0.1, -0.05) is 30.3 Å². The number of rotatable bonds is 4. The highest BCUT2D eigenvalue weighted by Crippen LogP contribution is 2.20. The Balaban J connectivity index is 2.02. The summed E-state index contributed by atoms with van der Waals surface area (Å²) in [5.41, 5.74) is 6.00. The third-order valence-electron chi connectivity index (χ3n) is 3.88. The Labute approximate surface area is 114 Å². The predicted molar refractivity (Wildman–Crippen MR) is 74.5 cm³/mol. The molecule has 0 saturated carbocycles. The molecule has 0 aromatic heterocycles. The highest BCUT2D eigenvalue weighted by molar-refractivity contribution is 5.87. The molecule has 0 bridgehead atoms. The first kappa shape index (κ1) is 14.0. The van der Waals surface area contributed by atoms with Crippen LogP contribution in [0.15, 0.2) is 30.3 Å². The zero-order chi connectivity index (χ0) is 13.9. The van der Waals surface area contributed by atoms with Crippen LogP contribution in [0.5, 0.6) is 0 Å². The third kappa shape index (κ3) is 3.14. The molecule has 1 aliphatic rings. The maximum Gasteiger partial charge on any atom is 0.244 e. The summed E-state index contributed by atoms with van der Waals surface area (Å²) in [6.07, 6.45) is 0.994. The predicted octanol–water partition coefficient (Wildman–Crippen LogP) is 1.40. The zero-order valence-corrected chi connectivity index (χ0v) is 11.6. The van der Waals surface area contributed by atoms with Gasteiger partial charge in [0.15, 0.2) is 0 Å². The molecule has 1 heterocycles. The second kappa shape index (κ2) is 5.72. The summed E-state index contributed by atoms with van der Waals surface area (Å²) in [7, 11) is 0. The largest absolute Gasteiger partial charge is 0.381 e. The molecule has 2 rings (SSSR count). The fourth-order valence-electron chi connectivity index (χ4n) is 2.34. The van der Waals surface area contributed by atoms with Gasteiger partial charge in [0.1, 0.15) is 5.54 Å². The highest BCUT2D eigenvalue weighted by atomic mass is 16.5. The summed E-state index contributed by atoms with van der Waals surface area (Å²) >= 11 is 0. The lowest BCUT2D eigenvalue weighted by molar-refractivity contribution is -0.127. The van der Waals surface area contributed by atoms with E-state index in [0.29, 0.717) is 12.5 Å². The van der Waals surface area contributed by atoms with Gasteiger partial charge in [0, 0.05) is 18.6 Å². The molecule has 19 heavy (non-hydrogen) atoms. The van der Waals surface area contributed by atoms with Gasteiger partial charge in [-0.15, -0.1) is 0 Å². The van der Waals surface area contributed by atoms with E-state index in [9.17, 15) is 4.79 Å². The Hall–Kier alpha value is -1.39. The number of nitrogens with two attached hydrogens (primary N) is 1. The molecule has 3 atom stereocenters. The number of nitrogens with one attached hydrogen (secondary N) is 1. The van der Waals surface area contributed by atoms with Crippen molar-refractivity contribution in [3.63, 3.8) is 0 Å². The Morgan fingerprint density at radius 1 is 1.47 bits per heavy atom. The van der Waals surface area contributed by atoms with Crippen LogP contribution in [-0.4, -0.2) is 25.2 Å². The number of carbonyl (C=O) groups excluding carboxylic acids is 1. The van der Waals surface area contributed by atoms with Crippen LogP contribution in [0.25, 0.3) is 0 Å². The van der Waals surface area contributed by atoms with Gasteiger partial charge < -0.3 is 15.8 Å². The first-order valence-electron chi connectivity index (χ1n) is 6.75. The van der Waals surface area contributed by atoms with Crippen LogP contribution in [0, 0.1) is 5.92 Å². The standard InChI is InChI=1S/C15H22N2O2/c1-11(12-8-9-19-10-12)17-14(18)15(2,16)13-6-4-3-5-7-13/h3-7,11-12H,8-10,16H2,1-2H3,(H,17,18). The van der Waals surface area contributed by atoms with Crippen molar-refractivity contribution in [2.45, 2.75) is 31.8 Å². The molecule has 4 heteroatoms. The second-order valence-electron chi connectivity index (χ2n) is 5.45. The molecular formula is C15H22N2O2.